The van der Waals surface area contributed by atoms with Crippen LogP contribution in [0, 0.1) is 18.7 Å². The Labute approximate surface area is 167 Å². The lowest BCUT2D eigenvalue weighted by Gasteiger charge is -2.34. The van der Waals surface area contributed by atoms with Crippen LogP contribution in [0.3, 0.4) is 0 Å². The molecule has 7 heteroatoms. The van der Waals surface area contributed by atoms with E-state index in [9.17, 15) is 9.18 Å². The third kappa shape index (κ3) is 4.68. The Bertz CT molecular complexity index is 990. The van der Waals surface area contributed by atoms with E-state index in [1.807, 2.05) is 13.0 Å². The molecule has 1 aliphatic rings. The van der Waals surface area contributed by atoms with E-state index in [0.29, 0.717) is 35.8 Å². The van der Waals surface area contributed by atoms with Crippen LogP contribution in [-0.4, -0.2) is 22.0 Å². The first-order valence-electron chi connectivity index (χ1n) is 9.33. The number of benzene rings is 2. The summed E-state index contributed by atoms with van der Waals surface area (Å²) in [5.41, 5.74) is 1.60. The Kier molecular flexibility index (Phi) is 5.37. The van der Waals surface area contributed by atoms with Crippen molar-refractivity contribution in [1.82, 2.24) is 9.97 Å². The Hall–Kier alpha value is -3.48. The van der Waals surface area contributed by atoms with Crippen molar-refractivity contribution < 1.29 is 18.7 Å². The third-order valence-corrected chi connectivity index (χ3v) is 4.79. The molecule has 0 bridgehead atoms. The predicted molar refractivity (Wildman–Crippen MR) is 105 cm³/mol. The van der Waals surface area contributed by atoms with Gasteiger partial charge < -0.3 is 14.8 Å². The van der Waals surface area contributed by atoms with Crippen LogP contribution in [0.1, 0.15) is 18.4 Å². The topological polar surface area (TPSA) is 73.3 Å². The molecule has 1 saturated carbocycles. The van der Waals surface area contributed by atoms with Gasteiger partial charge in [0.1, 0.15) is 29.7 Å². The van der Waals surface area contributed by atoms with E-state index in [0.717, 1.165) is 5.56 Å². The summed E-state index contributed by atoms with van der Waals surface area (Å²) in [6.07, 6.45) is 5.86. The number of halogens is 1. The molecule has 148 valence electrons. The van der Waals surface area contributed by atoms with Crippen LogP contribution in [0.4, 0.5) is 10.1 Å². The van der Waals surface area contributed by atoms with Gasteiger partial charge in [0.25, 0.3) is 0 Å². The van der Waals surface area contributed by atoms with Crippen LogP contribution in [-0.2, 0) is 4.79 Å². The van der Waals surface area contributed by atoms with Gasteiger partial charge in [0.05, 0.1) is 12.4 Å². The second-order valence-corrected chi connectivity index (χ2v) is 7.01. The Balaban J connectivity index is 1.29. The number of nitrogens with zero attached hydrogens (tertiary/aromatic N) is 2. The molecular weight excluding hydrogens is 373 g/mol. The first-order valence-corrected chi connectivity index (χ1v) is 9.33. The van der Waals surface area contributed by atoms with Crippen molar-refractivity contribution in [3.8, 4) is 17.2 Å². The molecule has 0 atom stereocenters. The number of aromatic nitrogens is 2. The fraction of sp³-hybridized carbons (Fsp3) is 0.227. The minimum absolute atomic E-state index is 0.0261. The number of hydrogen-bond donors (Lipinski definition) is 1. The molecule has 3 aromatic rings. The number of hydrogen-bond acceptors (Lipinski definition) is 5. The normalized spacial score (nSPS) is 17.9. The Morgan fingerprint density at radius 3 is 2.48 bits per heavy atom. The summed E-state index contributed by atoms with van der Waals surface area (Å²) in [6.45, 7) is 1.91. The van der Waals surface area contributed by atoms with Crippen LogP contribution in [0.5, 0.6) is 17.2 Å². The molecule has 1 heterocycles. The fourth-order valence-electron chi connectivity index (χ4n) is 3.13. The summed E-state index contributed by atoms with van der Waals surface area (Å²) >= 11 is 0. The fourth-order valence-corrected chi connectivity index (χ4v) is 3.13. The van der Waals surface area contributed by atoms with Gasteiger partial charge in [-0.1, -0.05) is 0 Å². The SMILES string of the molecule is Cc1cc(NC(=O)C2CC(Oc3ccc(F)cc3)C2)ccc1Oc1cncnc1. The van der Waals surface area contributed by atoms with Crippen molar-refractivity contribution in [3.05, 3.63) is 72.6 Å². The molecule has 0 saturated heterocycles. The molecule has 6 nitrogen and oxygen atoms in total. The molecule has 29 heavy (non-hydrogen) atoms. The van der Waals surface area contributed by atoms with Crippen molar-refractivity contribution in [2.24, 2.45) is 5.92 Å². The predicted octanol–water partition coefficient (Wildman–Crippen LogP) is 4.51. The molecule has 1 aliphatic carbocycles. The zero-order chi connectivity index (χ0) is 20.2. The van der Waals surface area contributed by atoms with Gasteiger partial charge in [-0.15, -0.1) is 0 Å². The molecule has 0 aliphatic heterocycles. The zero-order valence-electron chi connectivity index (χ0n) is 15.8. The standard InChI is InChI=1S/C22H20FN3O3/c1-14-8-17(4-7-21(14)29-20-11-24-13-25-12-20)26-22(27)15-9-19(10-15)28-18-5-2-16(23)3-6-18/h2-8,11-13,15,19H,9-10H2,1H3,(H,26,27). The second-order valence-electron chi connectivity index (χ2n) is 7.01. The number of aryl methyl sites for hydroxylation is 1. The van der Waals surface area contributed by atoms with Gasteiger partial charge in [-0.2, -0.15) is 0 Å². The Morgan fingerprint density at radius 1 is 1.07 bits per heavy atom. The van der Waals surface area contributed by atoms with Crippen LogP contribution < -0.4 is 14.8 Å². The average molecular weight is 393 g/mol. The Morgan fingerprint density at radius 2 is 1.79 bits per heavy atom. The molecule has 1 aromatic heterocycles. The number of rotatable bonds is 6. The lowest BCUT2D eigenvalue weighted by molar-refractivity contribution is -0.125. The quantitative estimate of drug-likeness (QED) is 0.667. The maximum Gasteiger partial charge on any atom is 0.227 e. The van der Waals surface area contributed by atoms with Gasteiger partial charge in [-0.3, -0.25) is 4.79 Å². The monoisotopic (exact) mass is 393 g/mol. The largest absolute Gasteiger partial charge is 0.490 e. The van der Waals surface area contributed by atoms with Crippen molar-refractivity contribution in [3.63, 3.8) is 0 Å². The van der Waals surface area contributed by atoms with Gasteiger partial charge in [-0.25, -0.2) is 14.4 Å². The molecule has 1 N–H and O–H groups in total. The average Bonchev–Trinajstić information content (AvgIpc) is 2.68. The summed E-state index contributed by atoms with van der Waals surface area (Å²) in [5.74, 6) is 1.41. The van der Waals surface area contributed by atoms with Gasteiger partial charge in [0.15, 0.2) is 5.75 Å². The smallest absolute Gasteiger partial charge is 0.227 e. The molecule has 1 amide bonds. The summed E-state index contributed by atoms with van der Waals surface area (Å²) in [6, 6.07) is 11.4. The lowest BCUT2D eigenvalue weighted by Crippen LogP contribution is -2.40. The number of ether oxygens (including phenoxy) is 2. The summed E-state index contributed by atoms with van der Waals surface area (Å²) in [4.78, 5) is 20.3. The maximum atomic E-state index is 12.9. The molecule has 2 aromatic carbocycles. The summed E-state index contributed by atoms with van der Waals surface area (Å²) < 4.78 is 24.4. The van der Waals surface area contributed by atoms with E-state index in [1.165, 1.54) is 18.5 Å². The van der Waals surface area contributed by atoms with Crippen molar-refractivity contribution in [2.75, 3.05) is 5.32 Å². The van der Waals surface area contributed by atoms with E-state index < -0.39 is 0 Å². The molecule has 0 radical (unpaired) electrons. The second kappa shape index (κ2) is 8.26. The molecular formula is C22H20FN3O3. The first-order chi connectivity index (χ1) is 14.1. The van der Waals surface area contributed by atoms with Gasteiger partial charge in [-0.05, 0) is 67.8 Å². The highest BCUT2D eigenvalue weighted by molar-refractivity contribution is 5.93. The van der Waals surface area contributed by atoms with Gasteiger partial charge >= 0.3 is 0 Å². The van der Waals surface area contributed by atoms with Crippen LogP contribution >= 0.6 is 0 Å². The number of anilines is 1. The number of nitrogens with one attached hydrogen (secondary N) is 1. The van der Waals surface area contributed by atoms with Crippen molar-refractivity contribution in [1.29, 1.82) is 0 Å². The summed E-state index contributed by atoms with van der Waals surface area (Å²) in [5, 5.41) is 2.94. The number of carbonyl (C=O) groups is 1. The van der Waals surface area contributed by atoms with E-state index >= 15 is 0 Å². The van der Waals surface area contributed by atoms with Crippen LogP contribution in [0.15, 0.2) is 61.2 Å². The number of carbonyl (C=O) groups excluding carboxylic acids is 1. The number of amides is 1. The molecule has 1 fully saturated rings. The van der Waals surface area contributed by atoms with Crippen molar-refractivity contribution in [2.45, 2.75) is 25.9 Å². The molecule has 0 spiro atoms. The highest BCUT2D eigenvalue weighted by Gasteiger charge is 2.36. The summed E-state index contributed by atoms with van der Waals surface area (Å²) in [7, 11) is 0. The molecule has 0 unspecified atom stereocenters. The first kappa shape index (κ1) is 18.9. The molecule has 4 rings (SSSR count). The van der Waals surface area contributed by atoms with Crippen LogP contribution in [0.25, 0.3) is 0 Å². The van der Waals surface area contributed by atoms with Gasteiger partial charge in [0, 0.05) is 11.6 Å². The van der Waals surface area contributed by atoms with Gasteiger partial charge in [0.2, 0.25) is 5.91 Å². The maximum absolute atomic E-state index is 12.9. The van der Waals surface area contributed by atoms with E-state index in [-0.39, 0.29) is 23.7 Å². The van der Waals surface area contributed by atoms with Crippen molar-refractivity contribution >= 4 is 11.6 Å². The minimum atomic E-state index is -0.299. The van der Waals surface area contributed by atoms with E-state index in [1.54, 1.807) is 36.7 Å². The highest BCUT2D eigenvalue weighted by atomic mass is 19.1. The van der Waals surface area contributed by atoms with Crippen LogP contribution in [0.2, 0.25) is 0 Å². The highest BCUT2D eigenvalue weighted by Crippen LogP contribution is 2.33. The zero-order valence-corrected chi connectivity index (χ0v) is 15.8. The van der Waals surface area contributed by atoms with E-state index in [4.69, 9.17) is 9.47 Å². The lowest BCUT2D eigenvalue weighted by atomic mass is 9.81. The van der Waals surface area contributed by atoms with E-state index in [2.05, 4.69) is 15.3 Å². The minimum Gasteiger partial charge on any atom is -0.490 e. The third-order valence-electron chi connectivity index (χ3n) is 4.79.